The highest BCUT2D eigenvalue weighted by molar-refractivity contribution is 7.90. The zero-order valence-corrected chi connectivity index (χ0v) is 21.3. The molecule has 0 aliphatic carbocycles. The number of rotatable bonds is 6. The first-order valence-electron chi connectivity index (χ1n) is 12.3. The number of pyridine rings is 1. The topological polar surface area (TPSA) is 101 Å². The first-order valence-corrected chi connectivity index (χ1v) is 14.2. The first-order chi connectivity index (χ1) is 17.9. The van der Waals surface area contributed by atoms with E-state index in [1.807, 2.05) is 53.3 Å². The molecule has 4 heterocycles. The van der Waals surface area contributed by atoms with Gasteiger partial charge in [0.15, 0.2) is 15.5 Å². The van der Waals surface area contributed by atoms with Crippen molar-refractivity contribution in [1.29, 1.82) is 0 Å². The van der Waals surface area contributed by atoms with Crippen molar-refractivity contribution in [3.05, 3.63) is 78.6 Å². The number of nitrogens with zero attached hydrogens (tertiary/aromatic N) is 3. The second kappa shape index (κ2) is 9.24. The van der Waals surface area contributed by atoms with Crippen molar-refractivity contribution in [2.24, 2.45) is 0 Å². The Kier molecular flexibility index (Phi) is 5.89. The van der Waals surface area contributed by atoms with Gasteiger partial charge >= 0.3 is 0 Å². The van der Waals surface area contributed by atoms with Crippen molar-refractivity contribution < 1.29 is 17.9 Å². The molecular formula is C28H28N4O4S. The molecule has 1 aliphatic rings. The molecule has 0 radical (unpaired) electrons. The quantitative estimate of drug-likeness (QED) is 0.311. The molecule has 1 fully saturated rings. The van der Waals surface area contributed by atoms with Crippen LogP contribution >= 0.6 is 0 Å². The molecule has 0 amide bonds. The van der Waals surface area contributed by atoms with Crippen LogP contribution in [0.25, 0.3) is 27.7 Å². The lowest BCUT2D eigenvalue weighted by Crippen LogP contribution is -2.17. The molecule has 1 unspecified atom stereocenters. The van der Waals surface area contributed by atoms with E-state index < -0.39 is 9.84 Å². The van der Waals surface area contributed by atoms with Crippen LogP contribution in [0.5, 0.6) is 5.75 Å². The summed E-state index contributed by atoms with van der Waals surface area (Å²) in [6.07, 6.45) is 8.15. The predicted molar refractivity (Wildman–Crippen MR) is 143 cm³/mol. The smallest absolute Gasteiger partial charge is 0.177 e. The SMILES string of the molecule is CS(=O)(=O)c1ccc(-c2cc(OCc3ccccc3)cn3nc4c(ccn4C4CCCCO4)c23)cc1N. The number of aromatic nitrogens is 3. The predicted octanol–water partition coefficient (Wildman–Crippen LogP) is 5.22. The minimum absolute atomic E-state index is 0.0434. The maximum Gasteiger partial charge on any atom is 0.177 e. The van der Waals surface area contributed by atoms with Crippen LogP contribution in [-0.4, -0.2) is 35.5 Å². The molecule has 5 aromatic rings. The maximum absolute atomic E-state index is 12.1. The van der Waals surface area contributed by atoms with Crippen LogP contribution in [0.2, 0.25) is 0 Å². The van der Waals surface area contributed by atoms with Gasteiger partial charge in [-0.1, -0.05) is 36.4 Å². The van der Waals surface area contributed by atoms with Crippen LogP contribution in [0.15, 0.2) is 78.0 Å². The van der Waals surface area contributed by atoms with Crippen molar-refractivity contribution in [3.8, 4) is 16.9 Å². The largest absolute Gasteiger partial charge is 0.487 e. The van der Waals surface area contributed by atoms with Gasteiger partial charge in [-0.05, 0) is 54.7 Å². The number of ether oxygens (including phenoxy) is 2. The lowest BCUT2D eigenvalue weighted by Gasteiger charge is -2.23. The highest BCUT2D eigenvalue weighted by Crippen LogP contribution is 2.37. The molecule has 0 saturated carbocycles. The highest BCUT2D eigenvalue weighted by Gasteiger charge is 2.22. The average molecular weight is 517 g/mol. The lowest BCUT2D eigenvalue weighted by atomic mass is 10.0. The molecule has 0 spiro atoms. The molecule has 1 saturated heterocycles. The van der Waals surface area contributed by atoms with E-state index in [9.17, 15) is 8.42 Å². The average Bonchev–Trinajstić information content (AvgIpc) is 3.46. The summed E-state index contributed by atoms with van der Waals surface area (Å²) in [5, 5.41) is 5.90. The van der Waals surface area contributed by atoms with Crippen LogP contribution in [0, 0.1) is 0 Å². The number of nitrogen functional groups attached to an aromatic ring is 1. The zero-order chi connectivity index (χ0) is 25.6. The standard InChI is InChI=1S/C28H28N4O4S/c1-37(33,34)25-11-10-20(15-24(25)29)23-16-21(36-18-19-7-3-2-4-8-19)17-32-27(23)22-12-13-31(28(22)30-32)26-9-5-6-14-35-26/h2-4,7-8,10-13,15-17,26H,5-6,9,14,18,29H2,1H3. The van der Waals surface area contributed by atoms with Crippen LogP contribution in [0.1, 0.15) is 31.1 Å². The van der Waals surface area contributed by atoms with Gasteiger partial charge in [0.05, 0.1) is 22.3 Å². The fourth-order valence-electron chi connectivity index (χ4n) is 5.00. The molecule has 3 aromatic heterocycles. The van der Waals surface area contributed by atoms with Gasteiger partial charge < -0.3 is 19.8 Å². The first kappa shape index (κ1) is 23.6. The van der Waals surface area contributed by atoms with Crippen LogP contribution in [-0.2, 0) is 21.2 Å². The fourth-order valence-corrected chi connectivity index (χ4v) is 5.81. The fraction of sp³-hybridized carbons (Fsp3) is 0.250. The summed E-state index contributed by atoms with van der Waals surface area (Å²) in [7, 11) is -3.44. The van der Waals surface area contributed by atoms with E-state index >= 15 is 0 Å². The molecule has 8 nitrogen and oxygen atoms in total. The second-order valence-electron chi connectivity index (χ2n) is 9.46. The number of benzene rings is 2. The third-order valence-corrected chi connectivity index (χ3v) is 7.97. The van der Waals surface area contributed by atoms with E-state index in [-0.39, 0.29) is 16.8 Å². The Bertz CT molecular complexity index is 1700. The Balaban J connectivity index is 1.50. The summed E-state index contributed by atoms with van der Waals surface area (Å²) >= 11 is 0. The summed E-state index contributed by atoms with van der Waals surface area (Å²) in [5.74, 6) is 0.641. The number of nitrogens with two attached hydrogens (primary N) is 1. The van der Waals surface area contributed by atoms with E-state index in [0.29, 0.717) is 12.4 Å². The Hall–Kier alpha value is -3.82. The Labute approximate surface area is 215 Å². The maximum atomic E-state index is 12.1. The summed E-state index contributed by atoms with van der Waals surface area (Å²) in [5.41, 5.74) is 10.8. The molecular weight excluding hydrogens is 488 g/mol. The molecule has 1 aliphatic heterocycles. The highest BCUT2D eigenvalue weighted by atomic mass is 32.2. The summed E-state index contributed by atoms with van der Waals surface area (Å²) in [4.78, 5) is 0.114. The third-order valence-electron chi connectivity index (χ3n) is 6.80. The molecule has 37 heavy (non-hydrogen) atoms. The van der Waals surface area contributed by atoms with E-state index in [1.165, 1.54) is 0 Å². The lowest BCUT2D eigenvalue weighted by molar-refractivity contribution is -0.0295. The van der Waals surface area contributed by atoms with Crippen LogP contribution in [0.3, 0.4) is 0 Å². The van der Waals surface area contributed by atoms with Crippen molar-refractivity contribution in [1.82, 2.24) is 14.2 Å². The van der Waals surface area contributed by atoms with Gasteiger partial charge in [-0.25, -0.2) is 12.9 Å². The molecule has 2 aromatic carbocycles. The van der Waals surface area contributed by atoms with E-state index in [1.54, 1.807) is 18.2 Å². The summed E-state index contributed by atoms with van der Waals surface area (Å²) in [6.45, 7) is 1.15. The van der Waals surface area contributed by atoms with Gasteiger partial charge in [0.25, 0.3) is 0 Å². The van der Waals surface area contributed by atoms with E-state index in [2.05, 4.69) is 10.6 Å². The molecule has 9 heteroatoms. The van der Waals surface area contributed by atoms with Crippen molar-refractivity contribution in [2.75, 3.05) is 18.6 Å². The zero-order valence-electron chi connectivity index (χ0n) is 20.5. The molecule has 2 N–H and O–H groups in total. The Morgan fingerprint density at radius 1 is 1.11 bits per heavy atom. The number of sulfone groups is 1. The van der Waals surface area contributed by atoms with Gasteiger partial charge in [-0.15, -0.1) is 5.10 Å². The molecule has 1 atom stereocenters. The summed E-state index contributed by atoms with van der Waals surface area (Å²) < 4.78 is 40.4. The van der Waals surface area contributed by atoms with E-state index in [4.69, 9.17) is 20.3 Å². The van der Waals surface area contributed by atoms with Gasteiger partial charge in [0.1, 0.15) is 18.6 Å². The Morgan fingerprint density at radius 2 is 1.95 bits per heavy atom. The van der Waals surface area contributed by atoms with Crippen LogP contribution < -0.4 is 10.5 Å². The minimum atomic E-state index is -3.44. The molecule has 6 rings (SSSR count). The van der Waals surface area contributed by atoms with Gasteiger partial charge in [0.2, 0.25) is 0 Å². The molecule has 0 bridgehead atoms. The van der Waals surface area contributed by atoms with Crippen LogP contribution in [0.4, 0.5) is 5.69 Å². The number of fused-ring (bicyclic) bond motifs is 3. The number of anilines is 1. The normalized spacial score (nSPS) is 16.4. The number of hydrogen-bond acceptors (Lipinski definition) is 6. The van der Waals surface area contributed by atoms with Crippen molar-refractivity contribution >= 4 is 32.1 Å². The van der Waals surface area contributed by atoms with Gasteiger partial charge in [-0.3, -0.25) is 0 Å². The monoisotopic (exact) mass is 516 g/mol. The van der Waals surface area contributed by atoms with Crippen molar-refractivity contribution in [2.45, 2.75) is 37.0 Å². The summed E-state index contributed by atoms with van der Waals surface area (Å²) in [6, 6.07) is 19.0. The Morgan fingerprint density at radius 3 is 2.68 bits per heavy atom. The van der Waals surface area contributed by atoms with Gasteiger partial charge in [-0.2, -0.15) is 0 Å². The van der Waals surface area contributed by atoms with E-state index in [0.717, 1.165) is 65.4 Å². The second-order valence-corrected chi connectivity index (χ2v) is 11.4. The van der Waals surface area contributed by atoms with Crippen molar-refractivity contribution in [3.63, 3.8) is 0 Å². The minimum Gasteiger partial charge on any atom is -0.487 e. The third kappa shape index (κ3) is 4.45. The van der Waals surface area contributed by atoms with Gasteiger partial charge in [0, 0.05) is 30.0 Å². The molecule has 190 valence electrons. The number of hydrogen-bond donors (Lipinski definition) is 1.